The predicted octanol–water partition coefficient (Wildman–Crippen LogP) is 1.56. The molecule has 0 aliphatic carbocycles. The van der Waals surface area contributed by atoms with E-state index < -0.39 is 0 Å². The maximum absolute atomic E-state index is 11.2. The predicted molar refractivity (Wildman–Crippen MR) is 74.1 cm³/mol. The lowest BCUT2D eigenvalue weighted by Crippen LogP contribution is -2.39. The van der Waals surface area contributed by atoms with Gasteiger partial charge in [0.2, 0.25) is 0 Å². The highest BCUT2D eigenvalue weighted by Gasteiger charge is 2.15. The second-order valence-electron chi connectivity index (χ2n) is 4.13. The quantitative estimate of drug-likeness (QED) is 0.581. The number of carbonyl (C=O) groups is 1. The highest BCUT2D eigenvalue weighted by molar-refractivity contribution is 7.12. The average molecular weight is 287 g/mol. The normalized spacial score (nSPS) is 12.7. The fourth-order valence-corrected chi connectivity index (χ4v) is 2.64. The summed E-state index contributed by atoms with van der Waals surface area (Å²) < 4.78 is 15.0. The van der Waals surface area contributed by atoms with Crippen LogP contribution in [-0.2, 0) is 32.0 Å². The summed E-state index contributed by atoms with van der Waals surface area (Å²) in [4.78, 5) is 13.3. The summed E-state index contributed by atoms with van der Waals surface area (Å²) in [7, 11) is 4.63. The minimum atomic E-state index is -0.269. The monoisotopic (exact) mass is 287 g/mol. The summed E-state index contributed by atoms with van der Waals surface area (Å²) in [5, 5.41) is 3.33. The molecule has 1 unspecified atom stereocenters. The van der Waals surface area contributed by atoms with E-state index in [2.05, 4.69) is 10.1 Å². The van der Waals surface area contributed by atoms with E-state index in [4.69, 9.17) is 9.47 Å². The van der Waals surface area contributed by atoms with Crippen LogP contribution in [0.1, 0.15) is 16.7 Å². The van der Waals surface area contributed by atoms with Gasteiger partial charge < -0.3 is 19.5 Å². The molecule has 0 radical (unpaired) electrons. The van der Waals surface area contributed by atoms with Crippen molar-refractivity contribution in [3.8, 4) is 0 Å². The zero-order chi connectivity index (χ0) is 14.3. The minimum Gasteiger partial charge on any atom is -0.469 e. The van der Waals surface area contributed by atoms with E-state index in [1.54, 1.807) is 25.6 Å². The number of rotatable bonds is 8. The van der Waals surface area contributed by atoms with Gasteiger partial charge in [0, 0.05) is 30.5 Å². The van der Waals surface area contributed by atoms with Gasteiger partial charge in [0.1, 0.15) is 0 Å². The molecular formula is C13H21NO4S. The Kier molecular flexibility index (Phi) is 7.01. The van der Waals surface area contributed by atoms with E-state index in [0.717, 1.165) is 16.3 Å². The first-order chi connectivity index (χ1) is 9.10. The molecule has 1 atom stereocenters. The standard InChI is InChI=1S/C13H21NO4S/c1-9(13(17-3)18-4)14-8-11-6-5-10(19-11)7-12(15)16-2/h5-6,9,13-14H,7-8H2,1-4H3. The van der Waals surface area contributed by atoms with Crippen molar-refractivity contribution in [2.75, 3.05) is 21.3 Å². The van der Waals surface area contributed by atoms with Crippen LogP contribution in [0, 0.1) is 0 Å². The Labute approximate surface area is 117 Å². The molecule has 0 saturated carbocycles. The third kappa shape index (κ3) is 5.28. The van der Waals surface area contributed by atoms with E-state index in [9.17, 15) is 4.79 Å². The second-order valence-corrected chi connectivity index (χ2v) is 5.38. The summed E-state index contributed by atoms with van der Waals surface area (Å²) in [5.41, 5.74) is 0. The first-order valence-corrected chi connectivity index (χ1v) is 6.85. The van der Waals surface area contributed by atoms with Gasteiger partial charge in [-0.1, -0.05) is 0 Å². The van der Waals surface area contributed by atoms with Crippen LogP contribution in [0.15, 0.2) is 12.1 Å². The number of esters is 1. The molecule has 5 nitrogen and oxygen atoms in total. The van der Waals surface area contributed by atoms with Crippen LogP contribution in [0.5, 0.6) is 0 Å². The van der Waals surface area contributed by atoms with Gasteiger partial charge in [-0.05, 0) is 19.1 Å². The topological polar surface area (TPSA) is 56.8 Å². The van der Waals surface area contributed by atoms with Crippen molar-refractivity contribution in [1.82, 2.24) is 5.32 Å². The van der Waals surface area contributed by atoms with Gasteiger partial charge in [0.15, 0.2) is 6.29 Å². The van der Waals surface area contributed by atoms with Crippen molar-refractivity contribution in [1.29, 1.82) is 0 Å². The minimum absolute atomic E-state index is 0.0844. The summed E-state index contributed by atoms with van der Waals surface area (Å²) in [6.45, 7) is 2.72. The molecule has 108 valence electrons. The molecule has 0 aliphatic heterocycles. The number of nitrogens with one attached hydrogen (secondary N) is 1. The SMILES string of the molecule is COC(=O)Cc1ccc(CNC(C)C(OC)OC)s1. The fourth-order valence-electron chi connectivity index (χ4n) is 1.69. The maximum Gasteiger partial charge on any atom is 0.310 e. The van der Waals surface area contributed by atoms with E-state index in [-0.39, 0.29) is 18.3 Å². The molecule has 1 heterocycles. The Bertz CT molecular complexity index is 390. The van der Waals surface area contributed by atoms with Crippen LogP contribution in [0.2, 0.25) is 0 Å². The Hall–Kier alpha value is -0.950. The number of hydrogen-bond acceptors (Lipinski definition) is 6. The largest absolute Gasteiger partial charge is 0.469 e. The van der Waals surface area contributed by atoms with Gasteiger partial charge in [0.25, 0.3) is 0 Å². The Morgan fingerprint density at radius 1 is 1.26 bits per heavy atom. The van der Waals surface area contributed by atoms with Gasteiger partial charge in [-0.25, -0.2) is 0 Å². The number of hydrogen-bond donors (Lipinski definition) is 1. The molecular weight excluding hydrogens is 266 g/mol. The molecule has 0 fully saturated rings. The van der Waals surface area contributed by atoms with Crippen LogP contribution < -0.4 is 5.32 Å². The first-order valence-electron chi connectivity index (χ1n) is 6.04. The van der Waals surface area contributed by atoms with E-state index >= 15 is 0 Å². The molecule has 0 aromatic carbocycles. The molecule has 19 heavy (non-hydrogen) atoms. The Balaban J connectivity index is 2.43. The molecule has 0 aliphatic rings. The van der Waals surface area contributed by atoms with Crippen LogP contribution in [0.3, 0.4) is 0 Å². The molecule has 0 bridgehead atoms. The van der Waals surface area contributed by atoms with Crippen LogP contribution in [0.25, 0.3) is 0 Å². The summed E-state index contributed by atoms with van der Waals surface area (Å²) in [6, 6.07) is 4.05. The molecule has 0 saturated heterocycles. The molecule has 0 amide bonds. The number of ether oxygens (including phenoxy) is 3. The second kappa shape index (κ2) is 8.27. The van der Waals surface area contributed by atoms with Gasteiger partial charge in [-0.3, -0.25) is 4.79 Å². The highest BCUT2D eigenvalue weighted by atomic mass is 32.1. The average Bonchev–Trinajstić information content (AvgIpc) is 2.85. The lowest BCUT2D eigenvalue weighted by Gasteiger charge is -2.21. The molecule has 1 rings (SSSR count). The zero-order valence-corrected chi connectivity index (χ0v) is 12.6. The zero-order valence-electron chi connectivity index (χ0n) is 11.8. The van der Waals surface area contributed by atoms with E-state index in [1.165, 1.54) is 7.11 Å². The molecule has 0 spiro atoms. The van der Waals surface area contributed by atoms with Crippen LogP contribution in [0.4, 0.5) is 0 Å². The van der Waals surface area contributed by atoms with E-state index in [1.807, 2.05) is 19.1 Å². The molecule has 6 heteroatoms. The van der Waals surface area contributed by atoms with Gasteiger partial charge in [0.05, 0.1) is 19.6 Å². The highest BCUT2D eigenvalue weighted by Crippen LogP contribution is 2.17. The Morgan fingerprint density at radius 2 is 1.89 bits per heavy atom. The summed E-state index contributed by atoms with van der Waals surface area (Å²) >= 11 is 1.60. The number of methoxy groups -OCH3 is 3. The first kappa shape index (κ1) is 16.1. The smallest absolute Gasteiger partial charge is 0.310 e. The van der Waals surface area contributed by atoms with Gasteiger partial charge >= 0.3 is 5.97 Å². The van der Waals surface area contributed by atoms with Gasteiger partial charge in [-0.2, -0.15) is 0 Å². The maximum atomic E-state index is 11.2. The number of carbonyl (C=O) groups excluding carboxylic acids is 1. The van der Waals surface area contributed by atoms with E-state index in [0.29, 0.717) is 6.42 Å². The Morgan fingerprint density at radius 3 is 2.47 bits per heavy atom. The van der Waals surface area contributed by atoms with Crippen LogP contribution in [-0.4, -0.2) is 39.6 Å². The third-order valence-electron chi connectivity index (χ3n) is 2.73. The summed E-state index contributed by atoms with van der Waals surface area (Å²) in [6.07, 6.45) is 0.0599. The van der Waals surface area contributed by atoms with Crippen molar-refractivity contribution >= 4 is 17.3 Å². The fraction of sp³-hybridized carbons (Fsp3) is 0.615. The van der Waals surface area contributed by atoms with Crippen molar-refractivity contribution in [3.05, 3.63) is 21.9 Å². The lowest BCUT2D eigenvalue weighted by atomic mass is 10.3. The third-order valence-corrected chi connectivity index (χ3v) is 3.82. The van der Waals surface area contributed by atoms with Crippen molar-refractivity contribution < 1.29 is 19.0 Å². The van der Waals surface area contributed by atoms with Crippen molar-refractivity contribution in [2.24, 2.45) is 0 Å². The molecule has 1 N–H and O–H groups in total. The van der Waals surface area contributed by atoms with Gasteiger partial charge in [-0.15, -0.1) is 11.3 Å². The lowest BCUT2D eigenvalue weighted by molar-refractivity contribution is -0.139. The molecule has 1 aromatic rings. The number of thiophene rings is 1. The van der Waals surface area contributed by atoms with Crippen molar-refractivity contribution in [3.63, 3.8) is 0 Å². The summed E-state index contributed by atoms with van der Waals surface area (Å²) in [5.74, 6) is -0.214. The molecule has 1 aromatic heterocycles. The van der Waals surface area contributed by atoms with Crippen molar-refractivity contribution in [2.45, 2.75) is 32.2 Å². The van der Waals surface area contributed by atoms with Crippen LogP contribution >= 0.6 is 11.3 Å².